The summed E-state index contributed by atoms with van der Waals surface area (Å²) >= 11 is 0. The van der Waals surface area contributed by atoms with Crippen LogP contribution in [0.4, 0.5) is 4.39 Å². The van der Waals surface area contributed by atoms with Gasteiger partial charge in [0.2, 0.25) is 11.5 Å². The number of carbonyl (C=O) groups is 1. The summed E-state index contributed by atoms with van der Waals surface area (Å²) in [4.78, 5) is 29.1. The molecule has 0 saturated heterocycles. The molecule has 0 unspecified atom stereocenters. The Bertz CT molecular complexity index is 1230. The van der Waals surface area contributed by atoms with Crippen molar-refractivity contribution >= 4 is 28.0 Å². The Morgan fingerprint density at radius 1 is 1.26 bits per heavy atom. The van der Waals surface area contributed by atoms with Gasteiger partial charge in [0.15, 0.2) is 0 Å². The van der Waals surface area contributed by atoms with Gasteiger partial charge in [0.1, 0.15) is 23.5 Å². The topological polar surface area (TPSA) is 77.1 Å². The van der Waals surface area contributed by atoms with E-state index >= 15 is 0 Å². The Morgan fingerprint density at radius 2 is 2.07 bits per heavy atom. The highest BCUT2D eigenvalue weighted by Gasteiger charge is 2.14. The molecule has 2 heterocycles. The standard InChI is InChI=1S/C20H16FN3O3/c1-12-8-13(6-7-15(12)21)9-22-17(25)10-24-11-23-18-14-4-2-3-5-16(14)27-19(18)20(24)26/h2-8,11H,9-10H2,1H3,(H,22,25). The third-order valence-corrected chi connectivity index (χ3v) is 4.38. The van der Waals surface area contributed by atoms with Gasteiger partial charge < -0.3 is 9.73 Å². The zero-order valence-electron chi connectivity index (χ0n) is 14.5. The van der Waals surface area contributed by atoms with Gasteiger partial charge >= 0.3 is 0 Å². The van der Waals surface area contributed by atoms with Crippen molar-refractivity contribution in [3.05, 3.63) is 76.1 Å². The van der Waals surface area contributed by atoms with Crippen LogP contribution in [0.15, 0.2) is 58.0 Å². The third kappa shape index (κ3) is 3.19. The van der Waals surface area contributed by atoms with E-state index in [1.165, 1.54) is 17.0 Å². The first-order valence-corrected chi connectivity index (χ1v) is 8.41. The van der Waals surface area contributed by atoms with Crippen LogP contribution in [0.25, 0.3) is 22.1 Å². The molecule has 6 nitrogen and oxygen atoms in total. The molecule has 0 aliphatic carbocycles. The Hall–Kier alpha value is -3.48. The van der Waals surface area contributed by atoms with Crippen LogP contribution in [0.5, 0.6) is 0 Å². The molecule has 1 N–H and O–H groups in total. The molecule has 136 valence electrons. The lowest BCUT2D eigenvalue weighted by Gasteiger charge is -2.08. The zero-order chi connectivity index (χ0) is 19.0. The summed E-state index contributed by atoms with van der Waals surface area (Å²) in [6.45, 7) is 1.72. The lowest BCUT2D eigenvalue weighted by molar-refractivity contribution is -0.121. The maximum Gasteiger partial charge on any atom is 0.297 e. The Kier molecular flexibility index (Phi) is 4.19. The van der Waals surface area contributed by atoms with Crippen molar-refractivity contribution in [2.24, 2.45) is 0 Å². The van der Waals surface area contributed by atoms with Crippen molar-refractivity contribution < 1.29 is 13.6 Å². The van der Waals surface area contributed by atoms with Crippen LogP contribution in [0, 0.1) is 12.7 Å². The van der Waals surface area contributed by atoms with Gasteiger partial charge in [0.25, 0.3) is 5.56 Å². The number of hydrogen-bond donors (Lipinski definition) is 1. The minimum absolute atomic E-state index is 0.126. The minimum atomic E-state index is -0.413. The number of hydrogen-bond acceptors (Lipinski definition) is 4. The molecule has 27 heavy (non-hydrogen) atoms. The molecule has 1 amide bonds. The van der Waals surface area contributed by atoms with E-state index in [1.54, 1.807) is 25.1 Å². The van der Waals surface area contributed by atoms with E-state index in [4.69, 9.17) is 4.42 Å². The average molecular weight is 365 g/mol. The molecule has 0 spiro atoms. The van der Waals surface area contributed by atoms with Crippen LogP contribution in [0.3, 0.4) is 0 Å². The Morgan fingerprint density at radius 3 is 2.89 bits per heavy atom. The molecule has 0 radical (unpaired) electrons. The number of benzene rings is 2. The molecule has 0 bridgehead atoms. The highest BCUT2D eigenvalue weighted by atomic mass is 19.1. The first kappa shape index (κ1) is 17.0. The first-order valence-electron chi connectivity index (χ1n) is 8.41. The largest absolute Gasteiger partial charge is 0.448 e. The molecule has 0 aliphatic rings. The van der Waals surface area contributed by atoms with Gasteiger partial charge in [-0.1, -0.05) is 24.3 Å². The SMILES string of the molecule is Cc1cc(CNC(=O)Cn2cnc3c(oc4ccccc43)c2=O)ccc1F. The minimum Gasteiger partial charge on any atom is -0.448 e. The van der Waals surface area contributed by atoms with Crippen molar-refractivity contribution in [1.82, 2.24) is 14.9 Å². The maximum absolute atomic E-state index is 13.3. The first-order chi connectivity index (χ1) is 13.0. The number of carbonyl (C=O) groups excluding carboxylic acids is 1. The number of halogens is 1. The van der Waals surface area contributed by atoms with Gasteiger partial charge in [-0.2, -0.15) is 0 Å². The summed E-state index contributed by atoms with van der Waals surface area (Å²) in [7, 11) is 0. The number of furan rings is 1. The van der Waals surface area contributed by atoms with E-state index in [0.29, 0.717) is 16.7 Å². The third-order valence-electron chi connectivity index (χ3n) is 4.38. The fourth-order valence-corrected chi connectivity index (χ4v) is 2.96. The monoisotopic (exact) mass is 365 g/mol. The van der Waals surface area contributed by atoms with Crippen LogP contribution in [-0.2, 0) is 17.9 Å². The zero-order valence-corrected chi connectivity index (χ0v) is 14.5. The van der Waals surface area contributed by atoms with Crippen LogP contribution in [0.1, 0.15) is 11.1 Å². The predicted octanol–water partition coefficient (Wildman–Crippen LogP) is 2.91. The maximum atomic E-state index is 13.3. The predicted molar refractivity (Wildman–Crippen MR) is 98.8 cm³/mol. The van der Waals surface area contributed by atoms with Gasteiger partial charge in [-0.05, 0) is 36.2 Å². The van der Waals surface area contributed by atoms with E-state index < -0.39 is 5.56 Å². The molecule has 4 rings (SSSR count). The lowest BCUT2D eigenvalue weighted by Crippen LogP contribution is -2.32. The van der Waals surface area contributed by atoms with Crippen molar-refractivity contribution in [1.29, 1.82) is 0 Å². The second kappa shape index (κ2) is 6.68. The highest BCUT2D eigenvalue weighted by Crippen LogP contribution is 2.23. The molecule has 2 aromatic heterocycles. The summed E-state index contributed by atoms with van der Waals surface area (Å²) in [5.41, 5.74) is 2.06. The quantitative estimate of drug-likeness (QED) is 0.603. The molecule has 0 atom stereocenters. The van der Waals surface area contributed by atoms with E-state index in [9.17, 15) is 14.0 Å². The van der Waals surface area contributed by atoms with Gasteiger partial charge in [-0.15, -0.1) is 0 Å². The number of nitrogens with one attached hydrogen (secondary N) is 1. The fourth-order valence-electron chi connectivity index (χ4n) is 2.96. The summed E-state index contributed by atoms with van der Waals surface area (Å²) in [5, 5.41) is 3.47. The molecule has 7 heteroatoms. The normalized spacial score (nSPS) is 11.2. The number of fused-ring (bicyclic) bond motifs is 3. The molecule has 2 aromatic carbocycles. The second-order valence-corrected chi connectivity index (χ2v) is 6.31. The van der Waals surface area contributed by atoms with E-state index in [1.807, 2.05) is 18.2 Å². The van der Waals surface area contributed by atoms with E-state index in [-0.39, 0.29) is 30.4 Å². The number of para-hydroxylation sites is 1. The Labute approximate surface area is 153 Å². The molecular weight excluding hydrogens is 349 g/mol. The van der Waals surface area contributed by atoms with Gasteiger partial charge in [0, 0.05) is 11.9 Å². The van der Waals surface area contributed by atoms with Crippen LogP contribution < -0.4 is 10.9 Å². The van der Waals surface area contributed by atoms with E-state index in [2.05, 4.69) is 10.3 Å². The number of amides is 1. The molecular formula is C20H16FN3O3. The summed E-state index contributed by atoms with van der Waals surface area (Å²) in [6.07, 6.45) is 1.34. The van der Waals surface area contributed by atoms with Crippen molar-refractivity contribution in [3.8, 4) is 0 Å². The molecule has 0 fully saturated rings. The highest BCUT2D eigenvalue weighted by molar-refractivity contribution is 6.01. The summed E-state index contributed by atoms with van der Waals surface area (Å²) < 4.78 is 20.1. The lowest BCUT2D eigenvalue weighted by atomic mass is 10.1. The molecule has 0 aliphatic heterocycles. The fraction of sp³-hybridized carbons (Fsp3) is 0.150. The smallest absolute Gasteiger partial charge is 0.297 e. The van der Waals surface area contributed by atoms with Crippen LogP contribution in [-0.4, -0.2) is 15.5 Å². The molecule has 4 aromatic rings. The molecule has 0 saturated carbocycles. The summed E-state index contributed by atoms with van der Waals surface area (Å²) in [5.74, 6) is -0.641. The van der Waals surface area contributed by atoms with Crippen LogP contribution in [0.2, 0.25) is 0 Å². The number of rotatable bonds is 4. The average Bonchev–Trinajstić information content (AvgIpc) is 3.04. The number of aromatic nitrogens is 2. The Balaban J connectivity index is 1.53. The van der Waals surface area contributed by atoms with Crippen molar-refractivity contribution in [2.75, 3.05) is 0 Å². The number of nitrogens with zero attached hydrogens (tertiary/aromatic N) is 2. The van der Waals surface area contributed by atoms with Crippen molar-refractivity contribution in [2.45, 2.75) is 20.0 Å². The summed E-state index contributed by atoms with van der Waals surface area (Å²) in [6, 6.07) is 11.9. The van der Waals surface area contributed by atoms with Gasteiger partial charge in [0.05, 0.1) is 6.33 Å². The number of aryl methyl sites for hydroxylation is 1. The van der Waals surface area contributed by atoms with Gasteiger partial charge in [-0.3, -0.25) is 14.2 Å². The van der Waals surface area contributed by atoms with E-state index in [0.717, 1.165) is 10.9 Å². The van der Waals surface area contributed by atoms with Crippen molar-refractivity contribution in [3.63, 3.8) is 0 Å². The second-order valence-electron chi connectivity index (χ2n) is 6.31. The van der Waals surface area contributed by atoms with Crippen LogP contribution >= 0.6 is 0 Å². The van der Waals surface area contributed by atoms with Gasteiger partial charge in [-0.25, -0.2) is 9.37 Å².